The Kier molecular flexibility index (Phi) is 4.85. The average Bonchev–Trinajstić information content (AvgIpc) is 2.24. The Morgan fingerprint density at radius 1 is 1.22 bits per heavy atom. The van der Waals surface area contributed by atoms with Crippen molar-refractivity contribution in [3.8, 4) is 0 Å². The van der Waals surface area contributed by atoms with Crippen LogP contribution in [0.3, 0.4) is 0 Å². The van der Waals surface area contributed by atoms with Crippen LogP contribution in [0.1, 0.15) is 45.6 Å². The van der Waals surface area contributed by atoms with Gasteiger partial charge in [-0.25, -0.2) is 8.78 Å². The van der Waals surface area contributed by atoms with Crippen molar-refractivity contribution in [1.29, 1.82) is 0 Å². The van der Waals surface area contributed by atoms with Gasteiger partial charge < -0.3 is 4.90 Å². The van der Waals surface area contributed by atoms with E-state index in [1.54, 1.807) is 6.07 Å². The van der Waals surface area contributed by atoms with Gasteiger partial charge in [-0.2, -0.15) is 0 Å². The van der Waals surface area contributed by atoms with Crippen molar-refractivity contribution in [3.05, 3.63) is 35.4 Å². The summed E-state index contributed by atoms with van der Waals surface area (Å²) in [6.07, 6.45) is 0.857. The third-order valence-electron chi connectivity index (χ3n) is 3.54. The summed E-state index contributed by atoms with van der Waals surface area (Å²) >= 11 is 0. The van der Waals surface area contributed by atoms with Gasteiger partial charge in [0.05, 0.1) is 0 Å². The molecule has 0 saturated heterocycles. The van der Waals surface area contributed by atoms with Gasteiger partial charge >= 0.3 is 0 Å². The van der Waals surface area contributed by atoms with E-state index in [4.69, 9.17) is 0 Å². The number of benzene rings is 1. The second kappa shape index (κ2) is 5.79. The molecule has 0 saturated carbocycles. The van der Waals surface area contributed by atoms with E-state index in [9.17, 15) is 8.78 Å². The fraction of sp³-hybridized carbons (Fsp3) is 0.600. The monoisotopic (exact) mass is 255 g/mol. The molecule has 0 heterocycles. The zero-order chi connectivity index (χ0) is 13.9. The van der Waals surface area contributed by atoms with Gasteiger partial charge in [-0.3, -0.25) is 0 Å². The molecule has 0 spiro atoms. The minimum Gasteiger partial charge on any atom is -0.301 e. The second-order valence-electron chi connectivity index (χ2n) is 5.95. The maximum atomic E-state index is 13.6. The molecule has 102 valence electrons. The van der Waals surface area contributed by atoms with Crippen molar-refractivity contribution < 1.29 is 8.78 Å². The highest BCUT2D eigenvalue weighted by Gasteiger charge is 2.18. The Balaban J connectivity index is 2.63. The number of halogens is 2. The molecule has 0 N–H and O–H groups in total. The SMILES string of the molecule is CC(CCN(C)C(C)(C)C)c1ccc(F)cc1F. The molecule has 1 rings (SSSR count). The quantitative estimate of drug-likeness (QED) is 0.779. The van der Waals surface area contributed by atoms with Crippen LogP contribution in [0.15, 0.2) is 18.2 Å². The lowest BCUT2D eigenvalue weighted by Gasteiger charge is -2.32. The van der Waals surface area contributed by atoms with Gasteiger partial charge in [0.25, 0.3) is 0 Å². The smallest absolute Gasteiger partial charge is 0.129 e. The third-order valence-corrected chi connectivity index (χ3v) is 3.54. The summed E-state index contributed by atoms with van der Waals surface area (Å²) in [5.41, 5.74) is 0.708. The molecule has 1 aromatic carbocycles. The predicted octanol–water partition coefficient (Wildman–Crippen LogP) is 4.19. The molecule has 0 aliphatic heterocycles. The molecule has 1 atom stereocenters. The molecule has 0 fully saturated rings. The summed E-state index contributed by atoms with van der Waals surface area (Å²) in [6.45, 7) is 9.32. The molecule has 1 aromatic rings. The maximum Gasteiger partial charge on any atom is 0.129 e. The zero-order valence-corrected chi connectivity index (χ0v) is 11.9. The fourth-order valence-corrected chi connectivity index (χ4v) is 1.78. The van der Waals surface area contributed by atoms with Crippen LogP contribution in [0.4, 0.5) is 8.78 Å². The fourth-order valence-electron chi connectivity index (χ4n) is 1.78. The van der Waals surface area contributed by atoms with E-state index >= 15 is 0 Å². The van der Waals surface area contributed by atoms with Crippen LogP contribution < -0.4 is 0 Å². The lowest BCUT2D eigenvalue weighted by molar-refractivity contribution is 0.170. The van der Waals surface area contributed by atoms with Crippen LogP contribution >= 0.6 is 0 Å². The molecule has 0 aliphatic carbocycles. The Morgan fingerprint density at radius 3 is 2.33 bits per heavy atom. The van der Waals surface area contributed by atoms with Crippen LogP contribution in [-0.4, -0.2) is 24.0 Å². The largest absolute Gasteiger partial charge is 0.301 e. The number of rotatable bonds is 4. The zero-order valence-electron chi connectivity index (χ0n) is 11.9. The van der Waals surface area contributed by atoms with Crippen molar-refractivity contribution in [3.63, 3.8) is 0 Å². The first-order chi connectivity index (χ1) is 8.21. The lowest BCUT2D eigenvalue weighted by Crippen LogP contribution is -2.38. The van der Waals surface area contributed by atoms with Gasteiger partial charge in [-0.05, 0) is 58.3 Å². The summed E-state index contributed by atoms with van der Waals surface area (Å²) in [4.78, 5) is 2.24. The van der Waals surface area contributed by atoms with Crippen molar-refractivity contribution in [1.82, 2.24) is 4.90 Å². The Hall–Kier alpha value is -0.960. The Bertz CT molecular complexity index is 396. The molecule has 1 unspecified atom stereocenters. The highest BCUT2D eigenvalue weighted by molar-refractivity contribution is 5.22. The first-order valence-corrected chi connectivity index (χ1v) is 6.38. The summed E-state index contributed by atoms with van der Waals surface area (Å²) < 4.78 is 26.4. The summed E-state index contributed by atoms with van der Waals surface area (Å²) in [5.74, 6) is -0.869. The molecule has 0 amide bonds. The standard InChI is InChI=1S/C15H23F2N/c1-11(8-9-18(5)15(2,3)4)13-7-6-12(16)10-14(13)17/h6-7,10-11H,8-9H2,1-5H3. The van der Waals surface area contributed by atoms with Gasteiger partial charge in [0.15, 0.2) is 0 Å². The van der Waals surface area contributed by atoms with E-state index < -0.39 is 11.6 Å². The van der Waals surface area contributed by atoms with E-state index in [0.717, 1.165) is 19.0 Å². The molecular weight excluding hydrogens is 232 g/mol. The Labute approximate surface area is 109 Å². The van der Waals surface area contributed by atoms with E-state index in [1.807, 2.05) is 6.92 Å². The van der Waals surface area contributed by atoms with Crippen molar-refractivity contribution in [2.24, 2.45) is 0 Å². The van der Waals surface area contributed by atoms with Gasteiger partial charge in [-0.1, -0.05) is 13.0 Å². The molecule has 0 aromatic heterocycles. The lowest BCUT2D eigenvalue weighted by atomic mass is 9.96. The molecule has 1 nitrogen and oxygen atoms in total. The number of hydrogen-bond acceptors (Lipinski definition) is 1. The maximum absolute atomic E-state index is 13.6. The van der Waals surface area contributed by atoms with Crippen LogP contribution in [0.25, 0.3) is 0 Å². The molecule has 3 heteroatoms. The van der Waals surface area contributed by atoms with Crippen molar-refractivity contribution in [2.45, 2.75) is 45.6 Å². The van der Waals surface area contributed by atoms with Gasteiger partial charge in [-0.15, -0.1) is 0 Å². The van der Waals surface area contributed by atoms with Crippen molar-refractivity contribution >= 4 is 0 Å². The van der Waals surface area contributed by atoms with Crippen molar-refractivity contribution in [2.75, 3.05) is 13.6 Å². The molecule has 0 aliphatic rings. The van der Waals surface area contributed by atoms with E-state index in [2.05, 4.69) is 32.7 Å². The summed E-state index contributed by atoms with van der Waals surface area (Å²) in [6, 6.07) is 3.83. The third kappa shape index (κ3) is 4.05. The van der Waals surface area contributed by atoms with Crippen LogP contribution in [-0.2, 0) is 0 Å². The topological polar surface area (TPSA) is 3.24 Å². The Morgan fingerprint density at radius 2 is 1.83 bits per heavy atom. The number of nitrogens with zero attached hydrogens (tertiary/aromatic N) is 1. The molecular formula is C15H23F2N. The highest BCUT2D eigenvalue weighted by Crippen LogP contribution is 2.24. The van der Waals surface area contributed by atoms with E-state index in [1.165, 1.54) is 6.07 Å². The first kappa shape index (κ1) is 15.1. The average molecular weight is 255 g/mol. The normalized spacial score (nSPS) is 14.0. The molecule has 0 radical (unpaired) electrons. The van der Waals surface area contributed by atoms with E-state index in [0.29, 0.717) is 5.56 Å². The molecule has 0 bridgehead atoms. The second-order valence-corrected chi connectivity index (χ2v) is 5.95. The van der Waals surface area contributed by atoms with E-state index in [-0.39, 0.29) is 11.5 Å². The van der Waals surface area contributed by atoms with Crippen LogP contribution in [0.5, 0.6) is 0 Å². The van der Waals surface area contributed by atoms with Gasteiger partial charge in [0.2, 0.25) is 0 Å². The first-order valence-electron chi connectivity index (χ1n) is 6.38. The predicted molar refractivity (Wildman–Crippen MR) is 71.8 cm³/mol. The van der Waals surface area contributed by atoms with Crippen LogP contribution in [0, 0.1) is 11.6 Å². The molecule has 18 heavy (non-hydrogen) atoms. The number of hydrogen-bond donors (Lipinski definition) is 0. The summed E-state index contributed by atoms with van der Waals surface area (Å²) in [5, 5.41) is 0. The minimum absolute atomic E-state index is 0.0930. The van der Waals surface area contributed by atoms with Crippen LogP contribution in [0.2, 0.25) is 0 Å². The highest BCUT2D eigenvalue weighted by atomic mass is 19.1. The minimum atomic E-state index is -0.518. The van der Waals surface area contributed by atoms with Gasteiger partial charge in [0, 0.05) is 11.6 Å². The van der Waals surface area contributed by atoms with Gasteiger partial charge in [0.1, 0.15) is 11.6 Å². The summed E-state index contributed by atoms with van der Waals surface area (Å²) in [7, 11) is 2.06.